The topological polar surface area (TPSA) is 60.4 Å². The van der Waals surface area contributed by atoms with E-state index >= 15 is 0 Å². The lowest BCUT2D eigenvalue weighted by molar-refractivity contribution is -0.141. The third kappa shape index (κ3) is 18.9. The molecule has 1 rings (SSSR count). The van der Waals surface area contributed by atoms with E-state index in [9.17, 15) is 4.79 Å². The molecule has 152 valence electrons. The van der Waals surface area contributed by atoms with E-state index in [0.717, 1.165) is 12.8 Å². The maximum absolute atomic E-state index is 10.8. The molecular formula is C22H40O4. The van der Waals surface area contributed by atoms with Gasteiger partial charge in [0, 0.05) is 27.8 Å². The lowest BCUT2D eigenvalue weighted by Gasteiger charge is -2.07. The Morgan fingerprint density at radius 3 is 2.08 bits per heavy atom. The van der Waals surface area contributed by atoms with Gasteiger partial charge in [-0.2, -0.15) is 0 Å². The fourth-order valence-electron chi connectivity index (χ4n) is 2.02. The van der Waals surface area contributed by atoms with E-state index in [1.165, 1.54) is 32.1 Å². The molecular weight excluding hydrogens is 328 g/mol. The number of carbonyl (C=O) groups is 1. The Morgan fingerprint density at radius 2 is 1.58 bits per heavy atom. The van der Waals surface area contributed by atoms with Crippen molar-refractivity contribution < 1.29 is 20.9 Å². The average Bonchev–Trinajstić information content (AvgIpc) is 3.08. The van der Waals surface area contributed by atoms with Gasteiger partial charge in [-0.25, -0.2) is 0 Å². The quantitative estimate of drug-likeness (QED) is 0.341. The summed E-state index contributed by atoms with van der Waals surface area (Å²) in [6, 6.07) is 0. The van der Waals surface area contributed by atoms with E-state index < -0.39 is 0 Å². The molecule has 0 spiro atoms. The van der Waals surface area contributed by atoms with Crippen LogP contribution in [0.1, 0.15) is 76.6 Å². The molecule has 0 aromatic carbocycles. The largest absolute Gasteiger partial charge is 0.462 e. The molecule has 4 nitrogen and oxygen atoms in total. The van der Waals surface area contributed by atoms with Crippen molar-refractivity contribution in [3.63, 3.8) is 0 Å². The molecule has 1 heterocycles. The Hall–Kier alpha value is -3.13. The van der Waals surface area contributed by atoms with Crippen LogP contribution in [0, 0.1) is 69.6 Å². The van der Waals surface area contributed by atoms with Crippen molar-refractivity contribution in [3.8, 4) is 59.7 Å². The van der Waals surface area contributed by atoms with Gasteiger partial charge in [-0.1, -0.05) is 38.5 Å². The molecule has 0 saturated carbocycles. The predicted molar refractivity (Wildman–Crippen MR) is 122 cm³/mol. The molecule has 0 aliphatic carbocycles. The molecule has 0 aromatic heterocycles. The van der Waals surface area contributed by atoms with Crippen LogP contribution in [0.3, 0.4) is 0 Å². The summed E-state index contributed by atoms with van der Waals surface area (Å²) in [5.41, 5.74) is 0. The number of ether oxygens (including phenoxy) is 1. The highest BCUT2D eigenvalue weighted by atomic mass is 16.7. The van der Waals surface area contributed by atoms with Crippen LogP contribution in [-0.4, -0.2) is 12.1 Å². The molecule has 26 heavy (non-hydrogen) atoms. The van der Waals surface area contributed by atoms with Crippen molar-refractivity contribution in [2.45, 2.75) is 71.3 Å². The Kier molecular flexibility index (Phi) is 21.1. The van der Waals surface area contributed by atoms with Gasteiger partial charge >= 0.3 is 5.97 Å². The zero-order valence-corrected chi connectivity index (χ0v) is 15.4. The second kappa shape index (κ2) is 21.9. The number of carbonyl (C=O) groups excluding carboxylic acids is 1. The SMILES string of the molecule is C#CC#CC#CC#CC#CC.CCCCCCCC1CCC(=O)O1.O=O.[HH].[HH].[HH].[HH].[HH].[HH].[HH].[HH]. The van der Waals surface area contributed by atoms with Crippen LogP contribution < -0.4 is 0 Å². The summed E-state index contributed by atoms with van der Waals surface area (Å²) in [6.07, 6.45) is 14.2. The van der Waals surface area contributed by atoms with E-state index in [1.807, 2.05) is 0 Å². The van der Waals surface area contributed by atoms with Crippen molar-refractivity contribution in [3.05, 3.63) is 9.93 Å². The van der Waals surface area contributed by atoms with Gasteiger partial charge in [-0.05, 0) is 73.5 Å². The predicted octanol–water partition coefficient (Wildman–Crippen LogP) is 5.74. The molecule has 1 aliphatic rings. The Labute approximate surface area is 168 Å². The molecule has 0 radical (unpaired) electrons. The second-order valence-electron chi connectivity index (χ2n) is 5.12. The number of terminal acetylenes is 1. The van der Waals surface area contributed by atoms with Gasteiger partial charge in [0.2, 0.25) is 0 Å². The minimum atomic E-state index is -0.00134. The Balaban J connectivity index is -0.0000000326. The highest BCUT2D eigenvalue weighted by Gasteiger charge is 2.22. The van der Waals surface area contributed by atoms with Crippen LogP contribution in [0.5, 0.6) is 0 Å². The summed E-state index contributed by atoms with van der Waals surface area (Å²) in [5.74, 6) is 21.9. The van der Waals surface area contributed by atoms with Crippen LogP contribution in [-0.2, 0) is 9.53 Å². The highest BCUT2D eigenvalue weighted by molar-refractivity contribution is 5.71. The van der Waals surface area contributed by atoms with Gasteiger partial charge in [-0.3, -0.25) is 4.79 Å². The molecule has 1 unspecified atom stereocenters. The second-order valence-corrected chi connectivity index (χ2v) is 5.12. The molecule has 1 aliphatic heterocycles. The lowest BCUT2D eigenvalue weighted by Crippen LogP contribution is -2.06. The zero-order chi connectivity index (χ0) is 19.9. The van der Waals surface area contributed by atoms with E-state index in [2.05, 4.69) is 60.2 Å². The van der Waals surface area contributed by atoms with Gasteiger partial charge in [0.25, 0.3) is 0 Å². The smallest absolute Gasteiger partial charge is 0.306 e. The monoisotopic (exact) mass is 368 g/mol. The van der Waals surface area contributed by atoms with Crippen molar-refractivity contribution >= 4 is 5.97 Å². The molecule has 0 N–H and O–H groups in total. The van der Waals surface area contributed by atoms with Crippen molar-refractivity contribution in [1.29, 1.82) is 0 Å². The number of esters is 1. The highest BCUT2D eigenvalue weighted by Crippen LogP contribution is 2.19. The van der Waals surface area contributed by atoms with Crippen LogP contribution in [0.2, 0.25) is 0 Å². The molecule has 1 atom stereocenters. The fraction of sp³-hybridized carbons (Fsp3) is 0.500. The summed E-state index contributed by atoms with van der Waals surface area (Å²) < 4.78 is 5.13. The van der Waals surface area contributed by atoms with Gasteiger partial charge in [0.1, 0.15) is 6.10 Å². The molecule has 0 aromatic rings. The summed E-state index contributed by atoms with van der Waals surface area (Å²) in [5, 5.41) is 0. The van der Waals surface area contributed by atoms with Crippen molar-refractivity contribution in [2.24, 2.45) is 0 Å². The average molecular weight is 369 g/mol. The minimum Gasteiger partial charge on any atom is -0.462 e. The third-order valence-electron chi connectivity index (χ3n) is 3.17. The molecule has 0 bridgehead atoms. The van der Waals surface area contributed by atoms with Gasteiger partial charge < -0.3 is 4.74 Å². The maximum atomic E-state index is 10.8. The lowest BCUT2D eigenvalue weighted by atomic mass is 10.1. The van der Waals surface area contributed by atoms with Crippen molar-refractivity contribution in [2.75, 3.05) is 0 Å². The molecule has 1 fully saturated rings. The van der Waals surface area contributed by atoms with E-state index in [0.29, 0.717) is 6.42 Å². The maximum Gasteiger partial charge on any atom is 0.306 e. The first-order valence-corrected chi connectivity index (χ1v) is 8.48. The first-order valence-electron chi connectivity index (χ1n) is 8.48. The number of hydrogen-bond donors (Lipinski definition) is 0. The van der Waals surface area contributed by atoms with Gasteiger partial charge in [-0.15, -0.1) is 6.42 Å². The van der Waals surface area contributed by atoms with Crippen LogP contribution in [0.25, 0.3) is 0 Å². The minimum absolute atomic E-state index is 0. The van der Waals surface area contributed by atoms with E-state index in [1.54, 1.807) is 6.92 Å². The Bertz CT molecular complexity index is 696. The first kappa shape index (κ1) is 25.1. The van der Waals surface area contributed by atoms with Gasteiger partial charge in [0.15, 0.2) is 0 Å². The molecule has 1 saturated heterocycles. The normalized spacial score (nSPS) is 12.7. The number of cyclic esters (lactones) is 1. The van der Waals surface area contributed by atoms with Gasteiger partial charge in [0.05, 0.1) is 0 Å². The number of rotatable bonds is 6. The summed E-state index contributed by atoms with van der Waals surface area (Å²) in [6.45, 7) is 3.93. The van der Waals surface area contributed by atoms with E-state index in [-0.39, 0.29) is 23.5 Å². The third-order valence-corrected chi connectivity index (χ3v) is 3.17. The number of hydrogen-bond acceptors (Lipinski definition) is 4. The molecule has 4 heteroatoms. The zero-order valence-electron chi connectivity index (χ0n) is 15.4. The fourth-order valence-corrected chi connectivity index (χ4v) is 2.02. The first-order chi connectivity index (χ1) is 12.7. The van der Waals surface area contributed by atoms with E-state index in [4.69, 9.17) is 21.1 Å². The number of unbranched alkanes of at least 4 members (excludes halogenated alkanes) is 4. The van der Waals surface area contributed by atoms with Crippen LogP contribution in [0.15, 0.2) is 0 Å². The summed E-state index contributed by atoms with van der Waals surface area (Å²) >= 11 is 0. The summed E-state index contributed by atoms with van der Waals surface area (Å²) in [7, 11) is 0. The van der Waals surface area contributed by atoms with Crippen molar-refractivity contribution in [1.82, 2.24) is 0 Å². The van der Waals surface area contributed by atoms with Crippen LogP contribution >= 0.6 is 0 Å². The Morgan fingerprint density at radius 1 is 1.00 bits per heavy atom. The standard InChI is InChI=1S/C11H20O2.C11H4.O2.8H2/c1-2-3-4-5-6-7-10-8-9-11(12)13-10;1-3-5-7-9-11-10-8-6-4-2;1-2;;;;;;;;/h10H,2-9H2,1H3;1H,2H3;;8*1H. The summed E-state index contributed by atoms with van der Waals surface area (Å²) in [4.78, 5) is 24.8. The van der Waals surface area contributed by atoms with Crippen LogP contribution in [0.4, 0.5) is 0 Å². The molecule has 0 amide bonds.